The molecule has 0 aliphatic heterocycles. The largest absolute Gasteiger partial charge is 0.469 e. The van der Waals surface area contributed by atoms with Crippen LogP contribution in [0.25, 0.3) is 0 Å². The summed E-state index contributed by atoms with van der Waals surface area (Å²) < 4.78 is 22.6. The molecule has 1 amide bonds. The van der Waals surface area contributed by atoms with E-state index in [1.807, 2.05) is 19.1 Å². The fourth-order valence-corrected chi connectivity index (χ4v) is 8.90. The maximum atomic E-state index is 12.7. The smallest absolute Gasteiger partial charge is 0.427 e. The van der Waals surface area contributed by atoms with Gasteiger partial charge in [-0.05, 0) is 97.8 Å². The molecule has 38 heavy (non-hydrogen) atoms. The summed E-state index contributed by atoms with van der Waals surface area (Å²) in [6, 6.07) is 5.90. The minimum Gasteiger partial charge on any atom is -0.427 e. The van der Waals surface area contributed by atoms with Gasteiger partial charge in [0.25, 0.3) is 0 Å². The number of carbonyl (C=O) groups is 2. The molecule has 0 bridgehead atoms. The zero-order valence-corrected chi connectivity index (χ0v) is 23.6. The van der Waals surface area contributed by atoms with Crippen LogP contribution in [0.5, 0.6) is 5.75 Å². The van der Waals surface area contributed by atoms with Crippen LogP contribution >= 0.6 is 19.2 Å². The van der Waals surface area contributed by atoms with E-state index < -0.39 is 13.9 Å². The number of thiazole rings is 1. The Morgan fingerprint density at radius 3 is 2.76 bits per heavy atom. The first-order chi connectivity index (χ1) is 17.9. The maximum absolute atomic E-state index is 12.7. The summed E-state index contributed by atoms with van der Waals surface area (Å²) in [5, 5.41) is 3.47. The molecule has 0 radical (unpaired) electrons. The average molecular weight is 563 g/mol. The highest BCUT2D eigenvalue weighted by molar-refractivity contribution is 7.46. The number of phosphoric ester groups is 1. The Labute approximate surface area is 226 Å². The summed E-state index contributed by atoms with van der Waals surface area (Å²) in [7, 11) is -4.66. The topological polar surface area (TPSA) is 135 Å². The lowest BCUT2D eigenvalue weighted by molar-refractivity contribution is -0.131. The number of hydrogen-bond acceptors (Lipinski definition) is 7. The standard InChI is InChI=1S/C27H35N2O7PS/c1-15-14-28-26(38-15)29-24(31)9-5-18-13-23(36-37(32,33)34)27(3)11-10-21-20-8-6-19(35-16(2)30)12-17(20)4-7-22(21)25(18)27/h6,8,12,14,18,21-23,25H,4-5,7,9-11,13H2,1-3H3,(H,28,29,31)(H2,32,33,34). The number of hydrogen-bond donors (Lipinski definition) is 3. The zero-order chi connectivity index (χ0) is 27.2. The lowest BCUT2D eigenvalue weighted by Gasteiger charge is -2.52. The van der Waals surface area contributed by atoms with Crippen molar-refractivity contribution in [2.45, 2.75) is 77.7 Å². The molecule has 2 aromatic rings. The Bertz CT molecular complexity index is 1280. The highest BCUT2D eigenvalue weighted by atomic mass is 32.1. The number of phosphoric acid groups is 1. The fraction of sp³-hybridized carbons (Fsp3) is 0.593. The fourth-order valence-electron chi connectivity index (χ4n) is 7.56. The highest BCUT2D eigenvalue weighted by Crippen LogP contribution is 2.65. The molecule has 0 saturated heterocycles. The van der Waals surface area contributed by atoms with E-state index in [1.165, 1.54) is 29.4 Å². The molecule has 1 aromatic carbocycles. The number of rotatable bonds is 7. The monoisotopic (exact) mass is 562 g/mol. The zero-order valence-electron chi connectivity index (χ0n) is 21.9. The molecule has 2 saturated carbocycles. The number of esters is 1. The van der Waals surface area contributed by atoms with Gasteiger partial charge in [-0.3, -0.25) is 14.1 Å². The van der Waals surface area contributed by atoms with Crippen molar-refractivity contribution in [3.63, 3.8) is 0 Å². The first-order valence-electron chi connectivity index (χ1n) is 13.2. The number of carbonyl (C=O) groups excluding carboxylic acids is 2. The summed E-state index contributed by atoms with van der Waals surface area (Å²) in [6.07, 6.45) is 6.10. The van der Waals surface area contributed by atoms with Crippen LogP contribution in [0, 0.1) is 30.1 Å². The van der Waals surface area contributed by atoms with Gasteiger partial charge in [-0.15, -0.1) is 11.3 Å². The number of amides is 1. The predicted molar refractivity (Wildman–Crippen MR) is 143 cm³/mol. The molecule has 1 heterocycles. The van der Waals surface area contributed by atoms with Gasteiger partial charge in [-0.2, -0.15) is 0 Å². The quantitative estimate of drug-likeness (QED) is 0.233. The molecule has 11 heteroatoms. The molecular weight excluding hydrogens is 527 g/mol. The van der Waals surface area contributed by atoms with Crippen LogP contribution in [-0.2, 0) is 25.1 Å². The maximum Gasteiger partial charge on any atom is 0.469 e. The van der Waals surface area contributed by atoms with E-state index >= 15 is 0 Å². The highest BCUT2D eigenvalue weighted by Gasteiger charge is 2.60. The lowest BCUT2D eigenvalue weighted by atomic mass is 9.53. The number of aryl methyl sites for hydroxylation is 2. The Kier molecular flexibility index (Phi) is 7.57. The Balaban J connectivity index is 1.38. The van der Waals surface area contributed by atoms with Crippen molar-refractivity contribution in [3.8, 4) is 5.75 Å². The van der Waals surface area contributed by atoms with Gasteiger partial charge in [0.2, 0.25) is 5.91 Å². The first-order valence-corrected chi connectivity index (χ1v) is 15.5. The molecule has 3 N–H and O–H groups in total. The van der Waals surface area contributed by atoms with Gasteiger partial charge in [0.05, 0.1) is 6.10 Å². The van der Waals surface area contributed by atoms with Crippen LogP contribution in [0.3, 0.4) is 0 Å². The molecule has 3 aliphatic rings. The van der Waals surface area contributed by atoms with E-state index in [1.54, 1.807) is 6.20 Å². The van der Waals surface area contributed by atoms with Crippen molar-refractivity contribution >= 4 is 36.2 Å². The van der Waals surface area contributed by atoms with Gasteiger partial charge >= 0.3 is 13.8 Å². The molecule has 206 valence electrons. The predicted octanol–water partition coefficient (Wildman–Crippen LogP) is 5.36. The van der Waals surface area contributed by atoms with E-state index in [0.29, 0.717) is 42.0 Å². The minimum atomic E-state index is -4.66. The van der Waals surface area contributed by atoms with Crippen LogP contribution in [0.4, 0.5) is 5.13 Å². The summed E-state index contributed by atoms with van der Waals surface area (Å²) in [6.45, 7) is 5.45. The number of nitrogens with zero attached hydrogens (tertiary/aromatic N) is 1. The average Bonchev–Trinajstić information content (AvgIpc) is 3.35. The Morgan fingerprint density at radius 2 is 2.08 bits per heavy atom. The third kappa shape index (κ3) is 5.61. The lowest BCUT2D eigenvalue weighted by Crippen LogP contribution is -2.45. The Morgan fingerprint density at radius 1 is 1.29 bits per heavy atom. The number of ether oxygens (including phenoxy) is 1. The van der Waals surface area contributed by atoms with Crippen LogP contribution < -0.4 is 10.1 Å². The van der Waals surface area contributed by atoms with Crippen molar-refractivity contribution in [3.05, 3.63) is 40.4 Å². The van der Waals surface area contributed by atoms with E-state index in [-0.39, 0.29) is 29.1 Å². The van der Waals surface area contributed by atoms with Gasteiger partial charge in [0, 0.05) is 24.4 Å². The summed E-state index contributed by atoms with van der Waals surface area (Å²) in [4.78, 5) is 48.8. The van der Waals surface area contributed by atoms with Crippen LogP contribution in [-0.4, -0.2) is 32.8 Å². The van der Waals surface area contributed by atoms with Crippen molar-refractivity contribution in [1.29, 1.82) is 0 Å². The van der Waals surface area contributed by atoms with Crippen LogP contribution in [0.15, 0.2) is 24.4 Å². The van der Waals surface area contributed by atoms with Gasteiger partial charge in [-0.1, -0.05) is 13.0 Å². The number of aromatic nitrogens is 1. The van der Waals surface area contributed by atoms with Gasteiger partial charge in [0.15, 0.2) is 5.13 Å². The number of benzene rings is 1. The third-order valence-corrected chi connectivity index (χ3v) is 10.2. The SMILES string of the molecule is CC(=O)Oc1ccc2c(c1)CCC1C2CCC2(C)C(OP(=O)(O)O)CC(CCC(=O)Nc3ncc(C)s3)C12. The van der Waals surface area contributed by atoms with Crippen molar-refractivity contribution in [2.24, 2.45) is 23.2 Å². The molecule has 5 rings (SSSR count). The van der Waals surface area contributed by atoms with Crippen LogP contribution in [0.1, 0.15) is 74.3 Å². The number of anilines is 1. The summed E-state index contributed by atoms with van der Waals surface area (Å²) in [5.74, 6) is 1.04. The van der Waals surface area contributed by atoms with E-state index in [9.17, 15) is 23.9 Å². The molecule has 0 spiro atoms. The van der Waals surface area contributed by atoms with Crippen LogP contribution in [0.2, 0.25) is 0 Å². The molecule has 6 atom stereocenters. The number of fused-ring (bicyclic) bond motifs is 5. The molecular formula is C27H35N2O7PS. The second-order valence-corrected chi connectivity index (χ2v) is 13.7. The van der Waals surface area contributed by atoms with E-state index in [0.717, 1.165) is 30.6 Å². The van der Waals surface area contributed by atoms with Gasteiger partial charge in [0.1, 0.15) is 5.75 Å². The normalized spacial score (nSPS) is 30.2. The van der Waals surface area contributed by atoms with Crippen molar-refractivity contribution in [1.82, 2.24) is 4.98 Å². The first kappa shape index (κ1) is 27.5. The third-order valence-electron chi connectivity index (χ3n) is 8.89. The van der Waals surface area contributed by atoms with Gasteiger partial charge < -0.3 is 19.8 Å². The second-order valence-electron chi connectivity index (χ2n) is 11.3. The molecule has 2 fully saturated rings. The molecule has 3 aliphatic carbocycles. The minimum absolute atomic E-state index is 0.0974. The van der Waals surface area contributed by atoms with Gasteiger partial charge in [-0.25, -0.2) is 9.55 Å². The van der Waals surface area contributed by atoms with E-state index in [4.69, 9.17) is 9.26 Å². The van der Waals surface area contributed by atoms with E-state index in [2.05, 4.69) is 23.3 Å². The van der Waals surface area contributed by atoms with Crippen molar-refractivity contribution < 1.29 is 33.2 Å². The molecule has 1 aromatic heterocycles. The molecule has 6 unspecified atom stereocenters. The summed E-state index contributed by atoms with van der Waals surface area (Å²) >= 11 is 1.43. The Hall–Kier alpha value is -2.10. The summed E-state index contributed by atoms with van der Waals surface area (Å²) in [5.41, 5.74) is 2.09. The second kappa shape index (κ2) is 10.5. The molecule has 9 nitrogen and oxygen atoms in total. The van der Waals surface area contributed by atoms with Crippen molar-refractivity contribution in [2.75, 3.05) is 5.32 Å². The number of nitrogens with one attached hydrogen (secondary N) is 1.